The second-order valence-electron chi connectivity index (χ2n) is 10.4. The summed E-state index contributed by atoms with van der Waals surface area (Å²) in [4.78, 5) is 44.6. The Morgan fingerprint density at radius 1 is 0.973 bits per heavy atom. The zero-order valence-electron chi connectivity index (χ0n) is 19.5. The molecule has 5 nitrogen and oxygen atoms in total. The summed E-state index contributed by atoms with van der Waals surface area (Å²) in [5, 5.41) is 0.868. The lowest BCUT2D eigenvalue weighted by Crippen LogP contribution is -2.42. The van der Waals surface area contributed by atoms with Gasteiger partial charge in [-0.1, -0.05) is 41.7 Å². The van der Waals surface area contributed by atoms with Gasteiger partial charge in [-0.2, -0.15) is 13.2 Å². The van der Waals surface area contributed by atoms with E-state index in [2.05, 4.69) is 11.1 Å². The number of nitrogens with one attached hydrogen (secondary N) is 1. The summed E-state index contributed by atoms with van der Waals surface area (Å²) in [5.41, 5.74) is 1.31. The number of anilines is 1. The summed E-state index contributed by atoms with van der Waals surface area (Å²) in [6.07, 6.45) is -3.84. The fourth-order valence-electron chi connectivity index (χ4n) is 7.38. The van der Waals surface area contributed by atoms with Crippen molar-refractivity contribution < 1.29 is 22.8 Å². The molecule has 10 heteroatoms. The molecule has 2 saturated carbocycles. The first-order valence-electron chi connectivity index (χ1n) is 12.2. The molecular weight excluding hydrogens is 521 g/mol. The van der Waals surface area contributed by atoms with E-state index in [-0.39, 0.29) is 39.5 Å². The molecule has 7 rings (SSSR count). The molecule has 1 saturated heterocycles. The number of aromatic nitrogens is 1. The smallest absolute Gasteiger partial charge is 0.307 e. The van der Waals surface area contributed by atoms with Crippen molar-refractivity contribution in [2.24, 2.45) is 29.6 Å². The topological polar surface area (TPSA) is 70.2 Å². The average molecular weight is 543 g/mol. The van der Waals surface area contributed by atoms with Gasteiger partial charge in [0.1, 0.15) is 0 Å². The molecule has 2 aliphatic heterocycles. The van der Waals surface area contributed by atoms with Gasteiger partial charge in [0, 0.05) is 16.0 Å². The Balaban J connectivity index is 1.31. The number of H-pyrrole nitrogens is 1. The first kappa shape index (κ1) is 23.3. The van der Waals surface area contributed by atoms with Crippen molar-refractivity contribution in [3.05, 3.63) is 79.8 Å². The molecule has 2 aliphatic carbocycles. The van der Waals surface area contributed by atoms with E-state index >= 15 is 0 Å². The highest BCUT2D eigenvalue weighted by molar-refractivity contribution is 8.00. The molecule has 0 spiro atoms. The molecule has 37 heavy (non-hydrogen) atoms. The third kappa shape index (κ3) is 3.21. The molecule has 0 unspecified atom stereocenters. The molecular formula is C27H21F3N2O3S2. The van der Waals surface area contributed by atoms with Crippen LogP contribution in [0.15, 0.2) is 58.4 Å². The van der Waals surface area contributed by atoms with Crippen LogP contribution in [0, 0.1) is 36.5 Å². The third-order valence-electron chi connectivity index (χ3n) is 8.68. The highest BCUT2D eigenvalue weighted by Crippen LogP contribution is 2.68. The highest BCUT2D eigenvalue weighted by Gasteiger charge is 2.69. The Hall–Kier alpha value is -2.85. The maximum absolute atomic E-state index is 13.7. The number of thiazole rings is 1. The van der Waals surface area contributed by atoms with E-state index in [0.717, 1.165) is 44.5 Å². The van der Waals surface area contributed by atoms with Gasteiger partial charge in [0.2, 0.25) is 11.8 Å². The molecule has 4 aliphatic rings. The predicted octanol–water partition coefficient (Wildman–Crippen LogP) is 5.44. The molecule has 2 bridgehead atoms. The molecule has 2 aromatic carbocycles. The molecule has 190 valence electrons. The van der Waals surface area contributed by atoms with Gasteiger partial charge in [0.05, 0.1) is 28.1 Å². The maximum atomic E-state index is 13.7. The Labute approximate surface area is 218 Å². The normalized spacial score (nSPS) is 32.0. The van der Waals surface area contributed by atoms with Gasteiger partial charge in [-0.3, -0.25) is 19.3 Å². The summed E-state index contributed by atoms with van der Waals surface area (Å²) in [5.74, 6) is -2.11. The number of rotatable bonds is 2. The molecule has 3 fully saturated rings. The predicted molar refractivity (Wildman–Crippen MR) is 134 cm³/mol. The Morgan fingerprint density at radius 2 is 1.70 bits per heavy atom. The van der Waals surface area contributed by atoms with Gasteiger partial charge in [-0.05, 0) is 60.4 Å². The van der Waals surface area contributed by atoms with Crippen LogP contribution in [0.25, 0.3) is 0 Å². The lowest BCUT2D eigenvalue weighted by atomic mass is 9.67. The number of fused-ring (bicyclic) bond motifs is 9. The molecule has 3 heterocycles. The molecule has 1 aromatic heterocycles. The minimum absolute atomic E-state index is 0.0202. The van der Waals surface area contributed by atoms with E-state index in [9.17, 15) is 27.6 Å². The van der Waals surface area contributed by atoms with Crippen LogP contribution in [-0.2, 0) is 15.8 Å². The number of benzene rings is 2. The van der Waals surface area contributed by atoms with Crippen molar-refractivity contribution in [3.63, 3.8) is 0 Å². The van der Waals surface area contributed by atoms with Crippen molar-refractivity contribution in [3.8, 4) is 0 Å². The number of halogens is 3. The van der Waals surface area contributed by atoms with Crippen LogP contribution >= 0.6 is 23.1 Å². The molecule has 1 N–H and O–H groups in total. The summed E-state index contributed by atoms with van der Waals surface area (Å²) < 4.78 is 40.1. The third-order valence-corrected chi connectivity index (χ3v) is 11.3. The number of nitrogens with zero attached hydrogens (tertiary/aromatic N) is 1. The summed E-state index contributed by atoms with van der Waals surface area (Å²) in [6.45, 7) is 2.04. The monoisotopic (exact) mass is 542 g/mol. The summed E-state index contributed by atoms with van der Waals surface area (Å²) in [6, 6.07) is 12.5. The van der Waals surface area contributed by atoms with E-state index in [0.29, 0.717) is 0 Å². The summed E-state index contributed by atoms with van der Waals surface area (Å²) >= 11 is 2.80. The Morgan fingerprint density at radius 3 is 2.43 bits per heavy atom. The highest BCUT2D eigenvalue weighted by atomic mass is 32.2. The van der Waals surface area contributed by atoms with Crippen molar-refractivity contribution in [1.29, 1.82) is 0 Å². The van der Waals surface area contributed by atoms with Gasteiger partial charge in [-0.15, -0.1) is 11.8 Å². The Bertz CT molecular complexity index is 1530. The lowest BCUT2D eigenvalue weighted by Gasteiger charge is -2.43. The number of aromatic amines is 1. The second kappa shape index (κ2) is 7.83. The lowest BCUT2D eigenvalue weighted by molar-refractivity contribution is -0.137. The van der Waals surface area contributed by atoms with Crippen LogP contribution in [0.5, 0.6) is 0 Å². The number of hydrogen-bond acceptors (Lipinski definition) is 5. The number of carbonyl (C=O) groups is 2. The van der Waals surface area contributed by atoms with E-state index in [4.69, 9.17) is 0 Å². The van der Waals surface area contributed by atoms with Gasteiger partial charge in [-0.25, -0.2) is 0 Å². The van der Waals surface area contributed by atoms with Crippen molar-refractivity contribution >= 4 is 40.6 Å². The van der Waals surface area contributed by atoms with Crippen LogP contribution in [0.3, 0.4) is 0 Å². The summed E-state index contributed by atoms with van der Waals surface area (Å²) in [7, 11) is 0. The first-order valence-corrected chi connectivity index (χ1v) is 13.8. The molecule has 3 aromatic rings. The zero-order valence-corrected chi connectivity index (χ0v) is 21.1. The van der Waals surface area contributed by atoms with Gasteiger partial charge in [0.15, 0.2) is 0 Å². The largest absolute Gasteiger partial charge is 0.416 e. The molecule has 0 radical (unpaired) electrons. The first-order chi connectivity index (χ1) is 17.6. The van der Waals surface area contributed by atoms with Gasteiger partial charge >= 0.3 is 11.0 Å². The van der Waals surface area contributed by atoms with Crippen molar-refractivity contribution in [2.45, 2.75) is 35.7 Å². The van der Waals surface area contributed by atoms with E-state index < -0.39 is 35.4 Å². The average Bonchev–Trinajstić information content (AvgIpc) is 3.58. The quantitative estimate of drug-likeness (QED) is 0.438. The number of amides is 2. The fraction of sp³-hybridized carbons (Fsp3) is 0.370. The van der Waals surface area contributed by atoms with E-state index in [1.165, 1.54) is 23.5 Å². The number of hydrogen-bond donors (Lipinski definition) is 1. The number of imide groups is 1. The zero-order chi connectivity index (χ0) is 25.8. The van der Waals surface area contributed by atoms with Crippen LogP contribution in [0.4, 0.5) is 18.9 Å². The van der Waals surface area contributed by atoms with E-state index in [1.54, 1.807) is 11.8 Å². The van der Waals surface area contributed by atoms with Crippen LogP contribution < -0.4 is 9.77 Å². The van der Waals surface area contributed by atoms with Crippen LogP contribution in [0.1, 0.15) is 33.9 Å². The number of carbonyl (C=O) groups excluding carboxylic acids is 2. The second-order valence-corrected chi connectivity index (χ2v) is 12.6. The van der Waals surface area contributed by atoms with Crippen molar-refractivity contribution in [1.82, 2.24) is 4.98 Å². The number of thioether (sulfide) groups is 1. The maximum Gasteiger partial charge on any atom is 0.416 e. The number of aryl methyl sites for hydroxylation is 1. The van der Waals surface area contributed by atoms with Crippen molar-refractivity contribution in [2.75, 3.05) is 4.90 Å². The minimum Gasteiger partial charge on any atom is -0.307 e. The molecule has 7 atom stereocenters. The van der Waals surface area contributed by atoms with Crippen LogP contribution in [-0.4, -0.2) is 22.0 Å². The fourth-order valence-corrected chi connectivity index (χ4v) is 10.3. The van der Waals surface area contributed by atoms with Crippen LogP contribution in [0.2, 0.25) is 0 Å². The molecule has 2 amide bonds. The standard InChI is InChI=1S/C27H21F3N2O3S2/c1-11-5-2-3-8-14(11)17-18-15-10-16(21(18)36-23-22(17)37-26(35)31-23)20-19(15)24(33)32(25(20)34)13-7-4-6-12(9-13)27(28,29)30/h2-9,15-21H,10H2,1H3,(H,31,35)/t15-,16+,17-,18+,19+,20-,21-/m1/s1. The van der Waals surface area contributed by atoms with Gasteiger partial charge < -0.3 is 4.98 Å². The Kier molecular flexibility index (Phi) is 4.93. The SMILES string of the molecule is Cc1ccccc1[C@H]1c2sc(=O)[nH]c2S[C@@H]2[C@H]3C[C@@H]([C@@H]4C(=O)N(c5cccc(C(F)(F)F)c5)C(=O)[C@H]34)[C@@H]12. The van der Waals surface area contributed by atoms with E-state index in [1.807, 2.05) is 25.1 Å². The van der Waals surface area contributed by atoms with Gasteiger partial charge in [0.25, 0.3) is 0 Å². The number of alkyl halides is 3. The minimum atomic E-state index is -4.57.